The van der Waals surface area contributed by atoms with Gasteiger partial charge in [0.25, 0.3) is 0 Å². The topological polar surface area (TPSA) is 12.0 Å². The van der Waals surface area contributed by atoms with Crippen molar-refractivity contribution in [3.8, 4) is 0 Å². The summed E-state index contributed by atoms with van der Waals surface area (Å²) >= 11 is 1.80. The number of nitrogens with one attached hydrogen (secondary N) is 1. The predicted molar refractivity (Wildman–Crippen MR) is 55.0 cm³/mol. The van der Waals surface area contributed by atoms with E-state index in [-0.39, 0.29) is 5.82 Å². The second-order valence-corrected chi connectivity index (χ2v) is 4.36. The quantitative estimate of drug-likeness (QED) is 0.686. The lowest BCUT2D eigenvalue weighted by atomic mass is 10.2. The third-order valence-corrected chi connectivity index (χ3v) is 3.30. The summed E-state index contributed by atoms with van der Waals surface area (Å²) in [5, 5.41) is 3.23. The van der Waals surface area contributed by atoms with Crippen molar-refractivity contribution in [2.75, 3.05) is 17.6 Å². The lowest BCUT2D eigenvalue weighted by molar-refractivity contribution is 0.617. The van der Waals surface area contributed by atoms with Crippen LogP contribution in [0.4, 0.5) is 10.1 Å². The average Bonchev–Trinajstić information content (AvgIpc) is 2.31. The first-order chi connectivity index (χ1) is 6.27. The van der Waals surface area contributed by atoms with Crippen LogP contribution in [-0.4, -0.2) is 12.3 Å². The monoisotopic (exact) mass is 197 g/mol. The van der Waals surface area contributed by atoms with Gasteiger partial charge in [0, 0.05) is 11.4 Å². The van der Waals surface area contributed by atoms with Crippen LogP contribution in [0.5, 0.6) is 0 Å². The zero-order chi connectivity index (χ0) is 9.26. The summed E-state index contributed by atoms with van der Waals surface area (Å²) in [4.78, 5) is 1.18. The van der Waals surface area contributed by atoms with Crippen molar-refractivity contribution < 1.29 is 4.39 Å². The standard InChI is InChI=1S/C10H12FNS/c1-7-5-10-9(6-8(7)11)12-3-2-4-13-10/h5-6,12H,2-4H2,1H3. The van der Waals surface area contributed by atoms with Gasteiger partial charge in [-0.2, -0.15) is 0 Å². The molecular weight excluding hydrogens is 185 g/mol. The first kappa shape index (κ1) is 8.88. The minimum absolute atomic E-state index is 0.117. The molecule has 3 heteroatoms. The molecule has 0 fully saturated rings. The van der Waals surface area contributed by atoms with Gasteiger partial charge in [-0.1, -0.05) is 0 Å². The molecule has 0 aliphatic carbocycles. The smallest absolute Gasteiger partial charge is 0.128 e. The van der Waals surface area contributed by atoms with E-state index in [1.54, 1.807) is 24.8 Å². The zero-order valence-corrected chi connectivity index (χ0v) is 8.38. The fraction of sp³-hybridized carbons (Fsp3) is 0.400. The Kier molecular flexibility index (Phi) is 2.44. The molecule has 1 aliphatic heterocycles. The summed E-state index contributed by atoms with van der Waals surface area (Å²) in [6.45, 7) is 2.75. The molecule has 1 nitrogen and oxygen atoms in total. The van der Waals surface area contributed by atoms with E-state index in [0.717, 1.165) is 30.0 Å². The van der Waals surface area contributed by atoms with Crippen LogP contribution in [0.2, 0.25) is 0 Å². The van der Waals surface area contributed by atoms with Crippen LogP contribution in [0.1, 0.15) is 12.0 Å². The number of anilines is 1. The van der Waals surface area contributed by atoms with E-state index in [1.165, 1.54) is 4.90 Å². The number of rotatable bonds is 0. The highest BCUT2D eigenvalue weighted by Gasteiger charge is 2.10. The second-order valence-electron chi connectivity index (χ2n) is 3.23. The molecular formula is C10H12FNS. The average molecular weight is 197 g/mol. The molecule has 0 aromatic heterocycles. The first-order valence-corrected chi connectivity index (χ1v) is 5.43. The highest BCUT2D eigenvalue weighted by Crippen LogP contribution is 2.32. The summed E-state index contributed by atoms with van der Waals surface area (Å²) in [5.74, 6) is 0.999. The molecule has 13 heavy (non-hydrogen) atoms. The normalized spacial score (nSPS) is 15.8. The fourth-order valence-corrected chi connectivity index (χ4v) is 2.45. The number of halogens is 1. The molecule has 1 aromatic rings. The highest BCUT2D eigenvalue weighted by atomic mass is 32.2. The molecule has 0 amide bonds. The van der Waals surface area contributed by atoms with Gasteiger partial charge in [0.15, 0.2) is 0 Å². The van der Waals surface area contributed by atoms with Crippen molar-refractivity contribution >= 4 is 17.4 Å². The third kappa shape index (κ3) is 1.80. The van der Waals surface area contributed by atoms with Gasteiger partial charge in [0.05, 0.1) is 5.69 Å². The Bertz CT molecular complexity index is 294. The number of aryl methyl sites for hydroxylation is 1. The SMILES string of the molecule is Cc1cc2c(cc1F)NCCCS2. The van der Waals surface area contributed by atoms with Crippen molar-refractivity contribution in [3.63, 3.8) is 0 Å². The lowest BCUT2D eigenvalue weighted by Crippen LogP contribution is -2.00. The van der Waals surface area contributed by atoms with Crippen LogP contribution < -0.4 is 5.32 Å². The minimum Gasteiger partial charge on any atom is -0.384 e. The summed E-state index contributed by atoms with van der Waals surface area (Å²) in [6, 6.07) is 3.52. The molecule has 0 bridgehead atoms. The van der Waals surface area contributed by atoms with Gasteiger partial charge in [-0.15, -0.1) is 11.8 Å². The lowest BCUT2D eigenvalue weighted by Gasteiger charge is -2.08. The second kappa shape index (κ2) is 3.58. The summed E-state index contributed by atoms with van der Waals surface area (Å²) < 4.78 is 13.2. The van der Waals surface area contributed by atoms with Crippen LogP contribution in [-0.2, 0) is 0 Å². The Labute approximate surface area is 81.7 Å². The van der Waals surface area contributed by atoms with E-state index in [0.29, 0.717) is 0 Å². The Balaban J connectivity index is 2.43. The maximum Gasteiger partial charge on any atom is 0.128 e. The maximum atomic E-state index is 13.2. The molecule has 70 valence electrons. The van der Waals surface area contributed by atoms with Gasteiger partial charge in [-0.25, -0.2) is 4.39 Å². The molecule has 0 unspecified atom stereocenters. The molecule has 1 heterocycles. The van der Waals surface area contributed by atoms with Crippen molar-refractivity contribution in [2.45, 2.75) is 18.2 Å². The van der Waals surface area contributed by atoms with Gasteiger partial charge in [-0.3, -0.25) is 0 Å². The largest absolute Gasteiger partial charge is 0.384 e. The molecule has 1 aromatic carbocycles. The minimum atomic E-state index is -0.117. The highest BCUT2D eigenvalue weighted by molar-refractivity contribution is 7.99. The molecule has 0 saturated carbocycles. The summed E-state index contributed by atoms with van der Waals surface area (Å²) in [7, 11) is 0. The molecule has 1 aliphatic rings. The molecule has 0 radical (unpaired) electrons. The van der Waals surface area contributed by atoms with Gasteiger partial charge < -0.3 is 5.32 Å². The summed E-state index contributed by atoms with van der Waals surface area (Å²) in [6.07, 6.45) is 1.14. The number of benzene rings is 1. The molecule has 1 N–H and O–H groups in total. The maximum absolute atomic E-state index is 13.2. The van der Waals surface area contributed by atoms with E-state index in [4.69, 9.17) is 0 Å². The third-order valence-electron chi connectivity index (χ3n) is 2.15. The Morgan fingerprint density at radius 2 is 2.31 bits per heavy atom. The van der Waals surface area contributed by atoms with E-state index in [1.807, 2.05) is 6.07 Å². The Hall–Kier alpha value is -0.700. The Morgan fingerprint density at radius 1 is 1.46 bits per heavy atom. The fourth-order valence-electron chi connectivity index (χ4n) is 1.39. The van der Waals surface area contributed by atoms with Crippen molar-refractivity contribution in [1.29, 1.82) is 0 Å². The molecule has 0 spiro atoms. The van der Waals surface area contributed by atoms with E-state index >= 15 is 0 Å². The molecule has 2 rings (SSSR count). The number of thioether (sulfide) groups is 1. The number of hydrogen-bond donors (Lipinski definition) is 1. The van der Waals surface area contributed by atoms with Gasteiger partial charge >= 0.3 is 0 Å². The Morgan fingerprint density at radius 3 is 3.15 bits per heavy atom. The van der Waals surface area contributed by atoms with Crippen molar-refractivity contribution in [3.05, 3.63) is 23.5 Å². The van der Waals surface area contributed by atoms with E-state index in [2.05, 4.69) is 5.32 Å². The zero-order valence-electron chi connectivity index (χ0n) is 7.56. The summed E-state index contributed by atoms with van der Waals surface area (Å²) in [5.41, 5.74) is 1.68. The van der Waals surface area contributed by atoms with Gasteiger partial charge in [0.1, 0.15) is 5.82 Å². The van der Waals surface area contributed by atoms with Gasteiger partial charge in [0.2, 0.25) is 0 Å². The number of fused-ring (bicyclic) bond motifs is 1. The van der Waals surface area contributed by atoms with Crippen molar-refractivity contribution in [1.82, 2.24) is 0 Å². The van der Waals surface area contributed by atoms with Crippen LogP contribution in [0, 0.1) is 12.7 Å². The van der Waals surface area contributed by atoms with E-state index < -0.39 is 0 Å². The van der Waals surface area contributed by atoms with Crippen LogP contribution >= 0.6 is 11.8 Å². The van der Waals surface area contributed by atoms with Crippen molar-refractivity contribution in [2.24, 2.45) is 0 Å². The first-order valence-electron chi connectivity index (χ1n) is 4.44. The van der Waals surface area contributed by atoms with Crippen LogP contribution in [0.15, 0.2) is 17.0 Å². The number of hydrogen-bond acceptors (Lipinski definition) is 2. The predicted octanol–water partition coefficient (Wildman–Crippen LogP) is 3.04. The molecule has 0 atom stereocenters. The van der Waals surface area contributed by atoms with Crippen LogP contribution in [0.3, 0.4) is 0 Å². The van der Waals surface area contributed by atoms with Gasteiger partial charge in [-0.05, 0) is 36.8 Å². The molecule has 0 saturated heterocycles. The van der Waals surface area contributed by atoms with E-state index in [9.17, 15) is 4.39 Å². The van der Waals surface area contributed by atoms with Crippen LogP contribution in [0.25, 0.3) is 0 Å².